The topological polar surface area (TPSA) is 71.2 Å². The molecule has 1 aromatic rings. The summed E-state index contributed by atoms with van der Waals surface area (Å²) in [5.74, 6) is -0.290. The van der Waals surface area contributed by atoms with Crippen molar-refractivity contribution in [1.29, 1.82) is 0 Å². The quantitative estimate of drug-likeness (QED) is 0.796. The lowest BCUT2D eigenvalue weighted by molar-refractivity contribution is -0.138. The average Bonchev–Trinajstić information content (AvgIpc) is 2.27. The van der Waals surface area contributed by atoms with Gasteiger partial charge in [0.05, 0.1) is 12.8 Å². The maximum Gasteiger partial charge on any atom is 0.330 e. The van der Waals surface area contributed by atoms with E-state index in [0.29, 0.717) is 11.4 Å². The number of carbonyl (C=O) groups is 1. The molecule has 0 spiro atoms. The van der Waals surface area contributed by atoms with Crippen molar-refractivity contribution in [1.82, 2.24) is 0 Å². The largest absolute Gasteiger partial charge is 0.496 e. The van der Waals surface area contributed by atoms with Gasteiger partial charge in [0, 0.05) is 6.07 Å². The van der Waals surface area contributed by atoms with Gasteiger partial charge in [0.1, 0.15) is 5.75 Å². The van der Waals surface area contributed by atoms with Crippen LogP contribution in [0, 0.1) is 6.92 Å². The van der Waals surface area contributed by atoms with E-state index in [4.69, 9.17) is 9.84 Å². The van der Waals surface area contributed by atoms with Gasteiger partial charge in [0.15, 0.2) is 6.04 Å². The van der Waals surface area contributed by atoms with Crippen LogP contribution in [0.25, 0.3) is 0 Å². The molecule has 5 nitrogen and oxygen atoms in total. The van der Waals surface area contributed by atoms with Crippen LogP contribution in [0.3, 0.4) is 0 Å². The molecule has 0 radical (unpaired) electrons. The number of methoxy groups -OCH3 is 1. The van der Waals surface area contributed by atoms with E-state index in [1.54, 1.807) is 19.2 Å². The Balaban J connectivity index is 2.86. The predicted octanol–water partition coefficient (Wildman–Crippen LogP) is 2.56. The van der Waals surface area contributed by atoms with Crippen molar-refractivity contribution < 1.29 is 14.6 Å². The van der Waals surface area contributed by atoms with Gasteiger partial charge in [-0.3, -0.25) is 0 Å². The first-order valence-electron chi connectivity index (χ1n) is 4.83. The van der Waals surface area contributed by atoms with Crippen molar-refractivity contribution in [3.05, 3.63) is 23.8 Å². The third kappa shape index (κ3) is 3.05. The van der Waals surface area contributed by atoms with Crippen LogP contribution in [-0.2, 0) is 4.79 Å². The molecule has 0 heterocycles. The molecule has 0 bridgehead atoms. The third-order valence-corrected chi connectivity index (χ3v) is 2.10. The van der Waals surface area contributed by atoms with Crippen LogP contribution in [0.15, 0.2) is 28.4 Å². The van der Waals surface area contributed by atoms with Crippen LogP contribution in [0.4, 0.5) is 5.69 Å². The minimum atomic E-state index is -0.997. The minimum Gasteiger partial charge on any atom is -0.496 e. The molecule has 0 aromatic heterocycles. The van der Waals surface area contributed by atoms with Gasteiger partial charge in [-0.15, -0.1) is 0 Å². The van der Waals surface area contributed by atoms with Gasteiger partial charge in [-0.2, -0.15) is 10.2 Å². The van der Waals surface area contributed by atoms with Crippen LogP contribution in [0.2, 0.25) is 0 Å². The Morgan fingerprint density at radius 1 is 1.50 bits per heavy atom. The van der Waals surface area contributed by atoms with Gasteiger partial charge in [-0.1, -0.05) is 6.07 Å². The molecule has 1 atom stereocenters. The molecule has 0 saturated heterocycles. The summed E-state index contributed by atoms with van der Waals surface area (Å²) in [5, 5.41) is 16.1. The average molecular weight is 222 g/mol. The standard InChI is InChI=1S/C11H14N2O3/c1-7-4-5-9(6-10(7)16-3)13-12-8(2)11(14)15/h4-6,8H,1-3H3,(H,14,15). The zero-order valence-corrected chi connectivity index (χ0v) is 9.47. The van der Waals surface area contributed by atoms with Crippen molar-refractivity contribution in [2.75, 3.05) is 7.11 Å². The Bertz CT molecular complexity index is 416. The molecular weight excluding hydrogens is 208 g/mol. The van der Waals surface area contributed by atoms with Crippen LogP contribution in [0.5, 0.6) is 5.75 Å². The monoisotopic (exact) mass is 222 g/mol. The Labute approximate surface area is 93.8 Å². The Morgan fingerprint density at radius 2 is 2.19 bits per heavy atom. The first kappa shape index (κ1) is 12.2. The lowest BCUT2D eigenvalue weighted by atomic mass is 10.2. The number of rotatable bonds is 4. The van der Waals surface area contributed by atoms with Gasteiger partial charge in [-0.05, 0) is 25.5 Å². The van der Waals surface area contributed by atoms with Gasteiger partial charge in [0.25, 0.3) is 0 Å². The maximum atomic E-state index is 10.5. The lowest BCUT2D eigenvalue weighted by Gasteiger charge is -2.04. The first-order valence-corrected chi connectivity index (χ1v) is 4.83. The van der Waals surface area contributed by atoms with Crippen molar-refractivity contribution in [3.8, 4) is 5.75 Å². The second-order valence-electron chi connectivity index (χ2n) is 3.38. The number of carboxylic acids is 1. The molecule has 86 valence electrons. The maximum absolute atomic E-state index is 10.5. The summed E-state index contributed by atoms with van der Waals surface area (Å²) in [5.41, 5.74) is 1.57. The van der Waals surface area contributed by atoms with E-state index < -0.39 is 12.0 Å². The van der Waals surface area contributed by atoms with E-state index in [9.17, 15) is 4.79 Å². The fourth-order valence-corrected chi connectivity index (χ4v) is 1.07. The number of benzene rings is 1. The van der Waals surface area contributed by atoms with Crippen LogP contribution in [0.1, 0.15) is 12.5 Å². The van der Waals surface area contributed by atoms with Crippen molar-refractivity contribution >= 4 is 11.7 Å². The number of aryl methyl sites for hydroxylation is 1. The smallest absolute Gasteiger partial charge is 0.330 e. The van der Waals surface area contributed by atoms with E-state index in [1.807, 2.05) is 13.0 Å². The summed E-state index contributed by atoms with van der Waals surface area (Å²) in [7, 11) is 1.57. The molecule has 1 aromatic carbocycles. The van der Waals surface area contributed by atoms with Gasteiger partial charge >= 0.3 is 5.97 Å². The molecule has 5 heteroatoms. The number of aliphatic carboxylic acids is 1. The molecule has 0 aliphatic rings. The van der Waals surface area contributed by atoms with Gasteiger partial charge < -0.3 is 9.84 Å². The molecule has 0 fully saturated rings. The molecule has 0 aliphatic carbocycles. The number of ether oxygens (including phenoxy) is 1. The molecule has 1 unspecified atom stereocenters. The minimum absolute atomic E-state index is 0.579. The SMILES string of the molecule is COc1cc(N=NC(C)C(=O)O)ccc1C. The fourth-order valence-electron chi connectivity index (χ4n) is 1.07. The zero-order chi connectivity index (χ0) is 12.1. The number of carboxylic acid groups (broad SMARTS) is 1. The highest BCUT2D eigenvalue weighted by Crippen LogP contribution is 2.24. The highest BCUT2D eigenvalue weighted by molar-refractivity contribution is 5.72. The highest BCUT2D eigenvalue weighted by Gasteiger charge is 2.08. The molecule has 16 heavy (non-hydrogen) atoms. The first-order chi connectivity index (χ1) is 7.54. The number of azo groups is 1. The molecular formula is C11H14N2O3. The molecule has 0 aliphatic heterocycles. The Kier molecular flexibility index (Phi) is 3.99. The van der Waals surface area contributed by atoms with Gasteiger partial charge in [0.2, 0.25) is 0 Å². The molecule has 0 amide bonds. The summed E-state index contributed by atoms with van der Waals surface area (Å²) in [6.45, 7) is 3.39. The Hall–Kier alpha value is -1.91. The van der Waals surface area contributed by atoms with Crippen LogP contribution in [-0.4, -0.2) is 24.2 Å². The zero-order valence-electron chi connectivity index (χ0n) is 9.47. The van der Waals surface area contributed by atoms with Crippen LogP contribution >= 0.6 is 0 Å². The van der Waals surface area contributed by atoms with E-state index in [1.165, 1.54) is 6.92 Å². The van der Waals surface area contributed by atoms with E-state index in [-0.39, 0.29) is 0 Å². The summed E-state index contributed by atoms with van der Waals surface area (Å²) < 4.78 is 5.12. The van der Waals surface area contributed by atoms with Crippen molar-refractivity contribution in [2.24, 2.45) is 10.2 Å². The number of nitrogens with zero attached hydrogens (tertiary/aromatic N) is 2. The van der Waals surface area contributed by atoms with E-state index >= 15 is 0 Å². The summed E-state index contributed by atoms with van der Waals surface area (Å²) in [4.78, 5) is 10.5. The third-order valence-electron chi connectivity index (χ3n) is 2.10. The second-order valence-corrected chi connectivity index (χ2v) is 3.38. The summed E-state index contributed by atoms with van der Waals surface area (Å²) >= 11 is 0. The fraction of sp³-hybridized carbons (Fsp3) is 0.364. The number of hydrogen-bond donors (Lipinski definition) is 1. The number of hydrogen-bond acceptors (Lipinski definition) is 4. The normalized spacial score (nSPS) is 12.7. The molecule has 1 N–H and O–H groups in total. The molecule has 1 rings (SSSR count). The van der Waals surface area contributed by atoms with Crippen LogP contribution < -0.4 is 4.74 Å². The molecule has 0 saturated carbocycles. The lowest BCUT2D eigenvalue weighted by Crippen LogP contribution is -2.11. The highest BCUT2D eigenvalue weighted by atomic mass is 16.5. The van der Waals surface area contributed by atoms with Gasteiger partial charge in [-0.25, -0.2) is 4.79 Å². The second kappa shape index (κ2) is 5.25. The van der Waals surface area contributed by atoms with Crippen molar-refractivity contribution in [2.45, 2.75) is 19.9 Å². The summed E-state index contributed by atoms with van der Waals surface area (Å²) in [6.07, 6.45) is 0. The van der Waals surface area contributed by atoms with E-state index in [0.717, 1.165) is 5.56 Å². The van der Waals surface area contributed by atoms with Crippen molar-refractivity contribution in [3.63, 3.8) is 0 Å². The predicted molar refractivity (Wildman–Crippen MR) is 59.3 cm³/mol. The Morgan fingerprint density at radius 3 is 2.75 bits per heavy atom. The summed E-state index contributed by atoms with van der Waals surface area (Å²) in [6, 6.07) is 4.48. The van der Waals surface area contributed by atoms with E-state index in [2.05, 4.69) is 10.2 Å².